The number of pyridine rings is 1. The van der Waals surface area contributed by atoms with Crippen molar-refractivity contribution < 1.29 is 0 Å². The number of hydrogen-bond acceptors (Lipinski definition) is 5. The highest BCUT2D eigenvalue weighted by Gasteiger charge is 2.16. The van der Waals surface area contributed by atoms with Crippen LogP contribution in [0.15, 0.2) is 47.6 Å². The average molecular weight is 436 g/mol. The van der Waals surface area contributed by atoms with Crippen LogP contribution in [0.4, 0.5) is 11.5 Å². The fourth-order valence-corrected chi connectivity index (χ4v) is 4.41. The largest absolute Gasteiger partial charge is 0.372 e. The highest BCUT2D eigenvalue weighted by molar-refractivity contribution is 5.80. The van der Waals surface area contributed by atoms with Crippen molar-refractivity contribution >= 4 is 17.5 Å². The number of likely N-dealkylation sites (N-methyl/N-ethyl adjacent to an activating group) is 1. The predicted molar refractivity (Wildman–Crippen MR) is 134 cm³/mol. The molecular weight excluding hydrogens is 398 g/mol. The van der Waals surface area contributed by atoms with Gasteiger partial charge in [0.1, 0.15) is 5.82 Å². The maximum Gasteiger partial charge on any atom is 0.191 e. The summed E-state index contributed by atoms with van der Waals surface area (Å²) in [6, 6.07) is 13.3. The maximum atomic E-state index is 4.59. The van der Waals surface area contributed by atoms with Crippen molar-refractivity contribution in [1.29, 1.82) is 0 Å². The Morgan fingerprint density at radius 2 is 1.81 bits per heavy atom. The molecule has 0 radical (unpaired) electrons. The molecular formula is C25H37N7. The minimum absolute atomic E-state index is 0.169. The number of nitrogens with zero attached hydrogens (tertiary/aromatic N) is 5. The van der Waals surface area contributed by atoms with E-state index in [2.05, 4.69) is 85.7 Å². The average Bonchev–Trinajstić information content (AvgIpc) is 3.37. The van der Waals surface area contributed by atoms with Crippen LogP contribution < -0.4 is 20.4 Å². The van der Waals surface area contributed by atoms with Gasteiger partial charge in [0.05, 0.1) is 6.04 Å². The number of aromatic nitrogens is 1. The Bertz CT molecular complexity index is 899. The minimum Gasteiger partial charge on any atom is -0.372 e. The first-order valence-corrected chi connectivity index (χ1v) is 11.8. The third-order valence-corrected chi connectivity index (χ3v) is 6.52. The molecule has 2 aliphatic rings. The minimum atomic E-state index is 0.169. The Morgan fingerprint density at radius 1 is 1.03 bits per heavy atom. The monoisotopic (exact) mass is 435 g/mol. The first kappa shape index (κ1) is 22.4. The summed E-state index contributed by atoms with van der Waals surface area (Å²) in [5.41, 5.74) is 3.81. The molecule has 3 heterocycles. The number of benzene rings is 1. The predicted octanol–water partition coefficient (Wildman–Crippen LogP) is 2.86. The number of guanidine groups is 1. The van der Waals surface area contributed by atoms with Crippen molar-refractivity contribution in [3.8, 4) is 0 Å². The lowest BCUT2D eigenvalue weighted by atomic mass is 10.1. The van der Waals surface area contributed by atoms with E-state index >= 15 is 0 Å². The third-order valence-electron chi connectivity index (χ3n) is 6.52. The molecule has 2 aliphatic heterocycles. The molecule has 0 spiro atoms. The molecule has 4 rings (SSSR count). The number of nitrogens with one attached hydrogen (secondary N) is 2. The first-order chi connectivity index (χ1) is 15.6. The Morgan fingerprint density at radius 3 is 2.56 bits per heavy atom. The van der Waals surface area contributed by atoms with E-state index in [0.717, 1.165) is 51.0 Å². The molecule has 1 aromatic heterocycles. The molecule has 2 fully saturated rings. The molecule has 0 bridgehead atoms. The van der Waals surface area contributed by atoms with Crippen LogP contribution in [0.1, 0.15) is 36.9 Å². The Kier molecular flexibility index (Phi) is 7.47. The first-order valence-electron chi connectivity index (χ1n) is 11.8. The standard InChI is InChI=1S/C25H37N7/c1-20(22-7-6-8-23(18-22)31-11-4-5-12-31)29-25(26-2)28-19-21-9-10-27-24(17-21)32-15-13-30(3)14-16-32/h6-10,17-18,20H,4-5,11-16,19H2,1-3H3,(H2,26,28,29). The second-order valence-corrected chi connectivity index (χ2v) is 8.89. The van der Waals surface area contributed by atoms with E-state index in [9.17, 15) is 0 Å². The Labute approximate surface area is 192 Å². The normalized spacial score (nSPS) is 18.7. The highest BCUT2D eigenvalue weighted by atomic mass is 15.3. The van der Waals surface area contributed by atoms with Crippen molar-refractivity contribution in [2.75, 3.05) is 63.2 Å². The van der Waals surface area contributed by atoms with E-state index < -0.39 is 0 Å². The number of anilines is 2. The fourth-order valence-electron chi connectivity index (χ4n) is 4.41. The van der Waals surface area contributed by atoms with Crippen molar-refractivity contribution in [2.24, 2.45) is 4.99 Å². The van der Waals surface area contributed by atoms with Crippen LogP contribution >= 0.6 is 0 Å². The molecule has 2 N–H and O–H groups in total. The molecule has 1 unspecified atom stereocenters. The lowest BCUT2D eigenvalue weighted by Crippen LogP contribution is -2.44. The lowest BCUT2D eigenvalue weighted by Gasteiger charge is -2.33. The van der Waals surface area contributed by atoms with Crippen LogP contribution in [0.25, 0.3) is 0 Å². The smallest absolute Gasteiger partial charge is 0.191 e. The number of aliphatic imine (C=N–C) groups is 1. The zero-order valence-corrected chi connectivity index (χ0v) is 19.7. The van der Waals surface area contributed by atoms with E-state index in [-0.39, 0.29) is 6.04 Å². The van der Waals surface area contributed by atoms with Crippen molar-refractivity contribution in [3.05, 3.63) is 53.7 Å². The van der Waals surface area contributed by atoms with Gasteiger partial charge in [0.15, 0.2) is 5.96 Å². The fraction of sp³-hybridized carbons (Fsp3) is 0.520. The van der Waals surface area contributed by atoms with E-state index in [1.165, 1.54) is 29.7 Å². The van der Waals surface area contributed by atoms with E-state index in [1.807, 2.05) is 13.2 Å². The summed E-state index contributed by atoms with van der Waals surface area (Å²) in [7, 11) is 4.00. The summed E-state index contributed by atoms with van der Waals surface area (Å²) in [5, 5.41) is 7.01. The van der Waals surface area contributed by atoms with Gasteiger partial charge in [0.2, 0.25) is 0 Å². The Hall–Kier alpha value is -2.80. The van der Waals surface area contributed by atoms with Crippen LogP contribution in [0, 0.1) is 0 Å². The molecule has 2 aromatic rings. The van der Waals surface area contributed by atoms with Crippen LogP contribution in [-0.4, -0.2) is 69.2 Å². The second kappa shape index (κ2) is 10.7. The molecule has 0 saturated carbocycles. The Balaban J connectivity index is 1.33. The van der Waals surface area contributed by atoms with Gasteiger partial charge in [-0.2, -0.15) is 0 Å². The lowest BCUT2D eigenvalue weighted by molar-refractivity contribution is 0.312. The zero-order chi connectivity index (χ0) is 22.3. The van der Waals surface area contributed by atoms with Gasteiger partial charge in [-0.1, -0.05) is 12.1 Å². The maximum absolute atomic E-state index is 4.59. The summed E-state index contributed by atoms with van der Waals surface area (Å²) in [4.78, 5) is 16.2. The van der Waals surface area contributed by atoms with Crippen molar-refractivity contribution in [3.63, 3.8) is 0 Å². The van der Waals surface area contributed by atoms with Gasteiger partial charge in [0, 0.05) is 64.7 Å². The summed E-state index contributed by atoms with van der Waals surface area (Å²) >= 11 is 0. The molecule has 0 amide bonds. The van der Waals surface area contributed by atoms with Crippen LogP contribution in [0.3, 0.4) is 0 Å². The number of hydrogen-bond donors (Lipinski definition) is 2. The molecule has 1 aromatic carbocycles. The summed E-state index contributed by atoms with van der Waals surface area (Å²) in [5.74, 6) is 1.87. The van der Waals surface area contributed by atoms with E-state index in [0.29, 0.717) is 6.54 Å². The molecule has 0 aliphatic carbocycles. The SMILES string of the molecule is CN=C(NCc1ccnc(N2CCN(C)CC2)c1)NC(C)c1cccc(N2CCCC2)c1. The highest BCUT2D eigenvalue weighted by Crippen LogP contribution is 2.24. The van der Waals surface area contributed by atoms with Gasteiger partial charge in [0.25, 0.3) is 0 Å². The van der Waals surface area contributed by atoms with Gasteiger partial charge >= 0.3 is 0 Å². The summed E-state index contributed by atoms with van der Waals surface area (Å²) < 4.78 is 0. The zero-order valence-electron chi connectivity index (χ0n) is 19.7. The third kappa shape index (κ3) is 5.71. The number of rotatable bonds is 6. The summed E-state index contributed by atoms with van der Waals surface area (Å²) in [6.07, 6.45) is 4.49. The molecule has 7 nitrogen and oxygen atoms in total. The van der Waals surface area contributed by atoms with Crippen molar-refractivity contribution in [1.82, 2.24) is 20.5 Å². The second-order valence-electron chi connectivity index (χ2n) is 8.89. The molecule has 2 saturated heterocycles. The molecule has 32 heavy (non-hydrogen) atoms. The van der Waals surface area contributed by atoms with Gasteiger partial charge in [-0.15, -0.1) is 0 Å². The van der Waals surface area contributed by atoms with Gasteiger partial charge < -0.3 is 25.3 Å². The van der Waals surface area contributed by atoms with Crippen molar-refractivity contribution in [2.45, 2.75) is 32.4 Å². The van der Waals surface area contributed by atoms with E-state index in [1.54, 1.807) is 0 Å². The molecule has 172 valence electrons. The van der Waals surface area contributed by atoms with Gasteiger partial charge in [-0.3, -0.25) is 4.99 Å². The van der Waals surface area contributed by atoms with Crippen LogP contribution in [-0.2, 0) is 6.54 Å². The van der Waals surface area contributed by atoms with Crippen LogP contribution in [0.5, 0.6) is 0 Å². The summed E-state index contributed by atoms with van der Waals surface area (Å²) in [6.45, 7) is 9.44. The van der Waals surface area contributed by atoms with E-state index in [4.69, 9.17) is 0 Å². The topological polar surface area (TPSA) is 59.0 Å². The van der Waals surface area contributed by atoms with Crippen LogP contribution in [0.2, 0.25) is 0 Å². The van der Waals surface area contributed by atoms with Gasteiger partial charge in [-0.25, -0.2) is 4.98 Å². The molecule has 1 atom stereocenters. The molecule has 7 heteroatoms. The quantitative estimate of drug-likeness (QED) is 0.538. The van der Waals surface area contributed by atoms with Gasteiger partial charge in [-0.05, 0) is 62.2 Å². The number of piperazine rings is 1.